The molecule has 4 aliphatic rings. The van der Waals surface area contributed by atoms with Gasteiger partial charge in [0, 0.05) is 24.4 Å². The Kier molecular flexibility index (Phi) is 2.73. The van der Waals surface area contributed by atoms with E-state index in [4.69, 9.17) is 5.73 Å². The first-order valence-electron chi connectivity index (χ1n) is 7.96. The molecule has 0 amide bonds. The molecular formula is C16H25N3. The molecule has 104 valence electrons. The van der Waals surface area contributed by atoms with Crippen molar-refractivity contribution in [2.45, 2.75) is 44.9 Å². The van der Waals surface area contributed by atoms with Crippen LogP contribution in [0.5, 0.6) is 0 Å². The van der Waals surface area contributed by atoms with E-state index < -0.39 is 0 Å². The molecule has 4 aliphatic carbocycles. The quantitative estimate of drug-likeness (QED) is 0.877. The van der Waals surface area contributed by atoms with Gasteiger partial charge in [-0.3, -0.25) is 0 Å². The predicted molar refractivity (Wildman–Crippen MR) is 75.7 cm³/mol. The van der Waals surface area contributed by atoms with E-state index in [1.165, 1.54) is 32.1 Å². The molecule has 19 heavy (non-hydrogen) atoms. The van der Waals surface area contributed by atoms with Gasteiger partial charge in [-0.1, -0.05) is 0 Å². The van der Waals surface area contributed by atoms with E-state index in [0.717, 1.165) is 47.7 Å². The van der Waals surface area contributed by atoms with Crippen molar-refractivity contribution >= 4 is 0 Å². The Balaban J connectivity index is 1.63. The second-order valence-electron chi connectivity index (χ2n) is 7.30. The second-order valence-corrected chi connectivity index (χ2v) is 7.30. The third-order valence-corrected chi connectivity index (χ3v) is 6.09. The molecule has 0 radical (unpaired) electrons. The summed E-state index contributed by atoms with van der Waals surface area (Å²) in [5.74, 6) is 6.33. The number of aromatic amines is 1. The molecule has 5 rings (SSSR count). The Bertz CT molecular complexity index is 436. The first-order chi connectivity index (χ1) is 9.24. The van der Waals surface area contributed by atoms with Gasteiger partial charge in [0.25, 0.3) is 0 Å². The maximum Gasteiger partial charge on any atom is 0.110 e. The highest BCUT2D eigenvalue weighted by molar-refractivity contribution is 5.11. The molecule has 1 heterocycles. The zero-order valence-electron chi connectivity index (χ0n) is 11.8. The number of nitrogens with two attached hydrogens (primary N) is 1. The summed E-state index contributed by atoms with van der Waals surface area (Å²) < 4.78 is 0. The van der Waals surface area contributed by atoms with Gasteiger partial charge < -0.3 is 10.7 Å². The van der Waals surface area contributed by atoms with Crippen molar-refractivity contribution in [1.29, 1.82) is 0 Å². The first kappa shape index (κ1) is 12.0. The van der Waals surface area contributed by atoms with Crippen molar-refractivity contribution in [3.05, 3.63) is 17.7 Å². The fraction of sp³-hybridized carbons (Fsp3) is 0.812. The first-order valence-corrected chi connectivity index (χ1v) is 7.96. The summed E-state index contributed by atoms with van der Waals surface area (Å²) in [5.41, 5.74) is 7.30. The van der Waals surface area contributed by atoms with Crippen LogP contribution >= 0.6 is 0 Å². The number of imidazole rings is 1. The molecule has 1 atom stereocenters. The zero-order valence-corrected chi connectivity index (χ0v) is 11.8. The fourth-order valence-electron chi connectivity index (χ4n) is 5.70. The van der Waals surface area contributed by atoms with Gasteiger partial charge in [0.1, 0.15) is 5.82 Å². The largest absolute Gasteiger partial charge is 0.346 e. The average Bonchev–Trinajstić information content (AvgIpc) is 2.79. The lowest BCUT2D eigenvalue weighted by atomic mass is 9.49. The van der Waals surface area contributed by atoms with Gasteiger partial charge in [-0.2, -0.15) is 0 Å². The van der Waals surface area contributed by atoms with E-state index in [1.807, 2.05) is 6.20 Å². The van der Waals surface area contributed by atoms with Crippen LogP contribution in [-0.2, 0) is 0 Å². The third-order valence-electron chi connectivity index (χ3n) is 6.09. The standard InChI is InChI=1S/C16H25N3/c1-9-8-18-16(19-9)14(7-17)15-12-3-10-2-11(5-12)6-13(15)4-10/h8,10-15H,2-7,17H2,1H3,(H,18,19). The summed E-state index contributed by atoms with van der Waals surface area (Å²) >= 11 is 0. The van der Waals surface area contributed by atoms with Crippen molar-refractivity contribution in [3.63, 3.8) is 0 Å². The van der Waals surface area contributed by atoms with Gasteiger partial charge in [-0.25, -0.2) is 4.98 Å². The van der Waals surface area contributed by atoms with Crippen molar-refractivity contribution in [1.82, 2.24) is 9.97 Å². The number of nitrogens with zero attached hydrogens (tertiary/aromatic N) is 1. The number of aromatic nitrogens is 2. The highest BCUT2D eigenvalue weighted by Gasteiger charge is 2.50. The van der Waals surface area contributed by atoms with Gasteiger partial charge in [-0.15, -0.1) is 0 Å². The Morgan fingerprint density at radius 3 is 2.32 bits per heavy atom. The van der Waals surface area contributed by atoms with Crippen LogP contribution < -0.4 is 5.73 Å². The van der Waals surface area contributed by atoms with Crippen LogP contribution in [0.2, 0.25) is 0 Å². The van der Waals surface area contributed by atoms with E-state index in [0.29, 0.717) is 5.92 Å². The van der Waals surface area contributed by atoms with Gasteiger partial charge in [0.2, 0.25) is 0 Å². The predicted octanol–water partition coefficient (Wildman–Crippen LogP) is 2.83. The van der Waals surface area contributed by atoms with Crippen molar-refractivity contribution in [2.75, 3.05) is 6.54 Å². The zero-order chi connectivity index (χ0) is 13.0. The van der Waals surface area contributed by atoms with Crippen molar-refractivity contribution in [3.8, 4) is 0 Å². The highest BCUT2D eigenvalue weighted by atomic mass is 14.9. The van der Waals surface area contributed by atoms with Crippen LogP contribution in [0.25, 0.3) is 0 Å². The fourth-order valence-corrected chi connectivity index (χ4v) is 5.70. The van der Waals surface area contributed by atoms with Gasteiger partial charge in [0.15, 0.2) is 0 Å². The topological polar surface area (TPSA) is 54.7 Å². The summed E-state index contributed by atoms with van der Waals surface area (Å²) in [6.07, 6.45) is 9.34. The lowest BCUT2D eigenvalue weighted by Crippen LogP contribution is -2.48. The minimum absolute atomic E-state index is 0.462. The molecule has 0 spiro atoms. The molecule has 0 aliphatic heterocycles. The normalized spacial score (nSPS) is 41.7. The smallest absolute Gasteiger partial charge is 0.110 e. The van der Waals surface area contributed by atoms with Gasteiger partial charge >= 0.3 is 0 Å². The Hall–Kier alpha value is -0.830. The Labute approximate surface area is 115 Å². The van der Waals surface area contributed by atoms with Crippen LogP contribution in [0.3, 0.4) is 0 Å². The number of aryl methyl sites for hydroxylation is 1. The SMILES string of the molecule is Cc1cnc(C(CN)C2C3CC4CC(C3)CC2C4)[nH]1. The number of rotatable bonds is 3. The van der Waals surface area contributed by atoms with Crippen LogP contribution in [0.4, 0.5) is 0 Å². The molecule has 3 N–H and O–H groups in total. The van der Waals surface area contributed by atoms with E-state index in [-0.39, 0.29) is 0 Å². The maximum absolute atomic E-state index is 6.13. The minimum Gasteiger partial charge on any atom is -0.346 e. The Morgan fingerprint density at radius 1 is 1.21 bits per heavy atom. The summed E-state index contributed by atoms with van der Waals surface area (Å²) in [6, 6.07) is 0. The third kappa shape index (κ3) is 1.85. The lowest BCUT2D eigenvalue weighted by Gasteiger charge is -2.56. The Morgan fingerprint density at radius 2 is 1.84 bits per heavy atom. The molecule has 3 nitrogen and oxygen atoms in total. The second kappa shape index (κ2) is 4.34. The van der Waals surface area contributed by atoms with Gasteiger partial charge in [-0.05, 0) is 68.6 Å². The van der Waals surface area contributed by atoms with Crippen molar-refractivity contribution in [2.24, 2.45) is 35.3 Å². The molecule has 4 fully saturated rings. The summed E-state index contributed by atoms with van der Waals surface area (Å²) in [4.78, 5) is 8.03. The maximum atomic E-state index is 6.13. The average molecular weight is 259 g/mol. The summed E-state index contributed by atoms with van der Waals surface area (Å²) in [7, 11) is 0. The molecule has 4 saturated carbocycles. The number of nitrogens with one attached hydrogen (secondary N) is 1. The molecule has 3 heteroatoms. The highest BCUT2D eigenvalue weighted by Crippen LogP contribution is 2.59. The van der Waals surface area contributed by atoms with E-state index in [9.17, 15) is 0 Å². The molecule has 1 unspecified atom stereocenters. The molecule has 1 aromatic rings. The molecule has 4 bridgehead atoms. The summed E-state index contributed by atoms with van der Waals surface area (Å²) in [6.45, 7) is 2.83. The molecular weight excluding hydrogens is 234 g/mol. The summed E-state index contributed by atoms with van der Waals surface area (Å²) in [5, 5.41) is 0. The van der Waals surface area contributed by atoms with Crippen LogP contribution in [0.15, 0.2) is 6.20 Å². The van der Waals surface area contributed by atoms with E-state index >= 15 is 0 Å². The van der Waals surface area contributed by atoms with Crippen molar-refractivity contribution < 1.29 is 0 Å². The molecule has 0 saturated heterocycles. The number of hydrogen-bond acceptors (Lipinski definition) is 2. The molecule has 0 aromatic carbocycles. The lowest BCUT2D eigenvalue weighted by molar-refractivity contribution is -0.0477. The molecule has 1 aromatic heterocycles. The van der Waals surface area contributed by atoms with E-state index in [2.05, 4.69) is 16.9 Å². The van der Waals surface area contributed by atoms with Crippen LogP contribution in [-0.4, -0.2) is 16.5 Å². The number of H-pyrrole nitrogens is 1. The monoisotopic (exact) mass is 259 g/mol. The van der Waals surface area contributed by atoms with Crippen LogP contribution in [0, 0.1) is 36.5 Å². The van der Waals surface area contributed by atoms with Gasteiger partial charge in [0.05, 0.1) is 0 Å². The number of hydrogen-bond donors (Lipinski definition) is 2. The van der Waals surface area contributed by atoms with Crippen LogP contribution in [0.1, 0.15) is 49.5 Å². The van der Waals surface area contributed by atoms with E-state index in [1.54, 1.807) is 0 Å². The minimum atomic E-state index is 0.462.